The van der Waals surface area contributed by atoms with Gasteiger partial charge in [-0.05, 0) is 41.8 Å². The van der Waals surface area contributed by atoms with Gasteiger partial charge in [-0.15, -0.1) is 0 Å². The third kappa shape index (κ3) is 2.71. The fraction of sp³-hybridized carbons (Fsp3) is 0.158. The van der Waals surface area contributed by atoms with Crippen molar-refractivity contribution in [2.24, 2.45) is 0 Å². The van der Waals surface area contributed by atoms with Crippen molar-refractivity contribution in [1.29, 1.82) is 0 Å². The second kappa shape index (κ2) is 6.21. The molecule has 2 heterocycles. The molecule has 0 radical (unpaired) electrons. The molecule has 0 aromatic heterocycles. The largest absolute Gasteiger partial charge is 0.361 e. The summed E-state index contributed by atoms with van der Waals surface area (Å²) < 4.78 is 0. The van der Waals surface area contributed by atoms with E-state index in [4.69, 9.17) is 23.2 Å². The summed E-state index contributed by atoms with van der Waals surface area (Å²) >= 11 is 12.1. The summed E-state index contributed by atoms with van der Waals surface area (Å²) in [5.41, 5.74) is 3.15. The summed E-state index contributed by atoms with van der Waals surface area (Å²) in [5, 5.41) is 0.508. The van der Waals surface area contributed by atoms with Crippen LogP contribution in [0.25, 0.3) is 0 Å². The normalized spacial score (nSPS) is 17.4. The minimum Gasteiger partial charge on any atom is -0.361 e. The molecule has 6 heteroatoms. The minimum absolute atomic E-state index is 0.0284. The number of hydrogen-bond donors (Lipinski definition) is 0. The first-order chi connectivity index (χ1) is 12.1. The molecule has 4 nitrogen and oxygen atoms in total. The highest BCUT2D eigenvalue weighted by Crippen LogP contribution is 2.34. The number of imide groups is 1. The molecular weight excluding hydrogens is 359 g/mol. The molecule has 2 aliphatic heterocycles. The summed E-state index contributed by atoms with van der Waals surface area (Å²) in [7, 11) is 0. The SMILES string of the molecule is O=C1C(Cl)=C(N2CCc3ccccc3C2)C(=O)N1c1ccc(Cl)cc1. The number of halogens is 2. The van der Waals surface area contributed by atoms with Crippen molar-refractivity contribution in [1.82, 2.24) is 4.90 Å². The molecule has 0 N–H and O–H groups in total. The first kappa shape index (κ1) is 16.2. The predicted octanol–water partition coefficient (Wildman–Crippen LogP) is 3.72. The Labute approximate surface area is 155 Å². The third-order valence-electron chi connectivity index (χ3n) is 4.54. The van der Waals surface area contributed by atoms with Gasteiger partial charge >= 0.3 is 0 Å². The molecule has 0 spiro atoms. The first-order valence-electron chi connectivity index (χ1n) is 7.92. The molecule has 2 amide bonds. The maximum Gasteiger partial charge on any atom is 0.283 e. The average molecular weight is 373 g/mol. The molecule has 126 valence electrons. The van der Waals surface area contributed by atoms with Crippen LogP contribution in [0.1, 0.15) is 11.1 Å². The highest BCUT2D eigenvalue weighted by molar-refractivity contribution is 6.52. The Morgan fingerprint density at radius 1 is 0.840 bits per heavy atom. The zero-order valence-electron chi connectivity index (χ0n) is 13.2. The van der Waals surface area contributed by atoms with Crippen LogP contribution in [-0.4, -0.2) is 23.3 Å². The monoisotopic (exact) mass is 372 g/mol. The Balaban J connectivity index is 1.66. The zero-order chi connectivity index (χ0) is 17.6. The van der Waals surface area contributed by atoms with Crippen molar-refractivity contribution in [2.45, 2.75) is 13.0 Å². The number of carbonyl (C=O) groups excluding carboxylic acids is 2. The lowest BCUT2D eigenvalue weighted by Gasteiger charge is -2.31. The van der Waals surface area contributed by atoms with E-state index in [0.29, 0.717) is 23.8 Å². The van der Waals surface area contributed by atoms with Crippen LogP contribution in [0, 0.1) is 0 Å². The van der Waals surface area contributed by atoms with Gasteiger partial charge in [0.2, 0.25) is 0 Å². The van der Waals surface area contributed by atoms with Crippen LogP contribution >= 0.6 is 23.2 Å². The summed E-state index contributed by atoms with van der Waals surface area (Å²) in [5.74, 6) is -0.889. The van der Waals surface area contributed by atoms with Crippen LogP contribution < -0.4 is 4.90 Å². The molecule has 0 saturated heterocycles. The Hall–Kier alpha value is -2.30. The van der Waals surface area contributed by atoms with Gasteiger partial charge in [0, 0.05) is 18.1 Å². The number of hydrogen-bond acceptors (Lipinski definition) is 3. The predicted molar refractivity (Wildman–Crippen MR) is 97.4 cm³/mol. The molecule has 0 bridgehead atoms. The quantitative estimate of drug-likeness (QED) is 0.754. The Morgan fingerprint density at radius 3 is 2.24 bits per heavy atom. The van der Waals surface area contributed by atoms with Crippen LogP contribution in [0.4, 0.5) is 5.69 Å². The fourth-order valence-corrected chi connectivity index (χ4v) is 3.69. The van der Waals surface area contributed by atoms with Crippen molar-refractivity contribution in [3.63, 3.8) is 0 Å². The summed E-state index contributed by atoms with van der Waals surface area (Å²) in [6.45, 7) is 1.21. The number of anilines is 1. The van der Waals surface area contributed by atoms with Crippen molar-refractivity contribution in [2.75, 3.05) is 11.4 Å². The zero-order valence-corrected chi connectivity index (χ0v) is 14.7. The van der Waals surface area contributed by atoms with E-state index in [1.807, 2.05) is 23.1 Å². The van der Waals surface area contributed by atoms with E-state index in [-0.39, 0.29) is 10.7 Å². The Kier molecular flexibility index (Phi) is 4.02. The van der Waals surface area contributed by atoms with Crippen molar-refractivity contribution in [3.8, 4) is 0 Å². The number of amides is 2. The lowest BCUT2D eigenvalue weighted by molar-refractivity contribution is -0.121. The van der Waals surface area contributed by atoms with Gasteiger partial charge in [0.25, 0.3) is 11.8 Å². The number of nitrogens with zero attached hydrogens (tertiary/aromatic N) is 2. The maximum absolute atomic E-state index is 12.9. The van der Waals surface area contributed by atoms with Crippen molar-refractivity contribution in [3.05, 3.63) is 75.4 Å². The van der Waals surface area contributed by atoms with Gasteiger partial charge in [-0.1, -0.05) is 47.5 Å². The number of benzene rings is 2. The van der Waals surface area contributed by atoms with E-state index < -0.39 is 11.8 Å². The molecule has 0 aliphatic carbocycles. The average Bonchev–Trinajstić information content (AvgIpc) is 2.85. The second-order valence-electron chi connectivity index (χ2n) is 6.02. The highest BCUT2D eigenvalue weighted by Gasteiger charge is 2.41. The molecular formula is C19H14Cl2N2O2. The number of carbonyl (C=O) groups is 2. The topological polar surface area (TPSA) is 40.6 Å². The molecule has 2 aromatic carbocycles. The lowest BCUT2D eigenvalue weighted by Crippen LogP contribution is -2.37. The van der Waals surface area contributed by atoms with Gasteiger partial charge in [0.05, 0.1) is 5.69 Å². The van der Waals surface area contributed by atoms with E-state index in [2.05, 4.69) is 6.07 Å². The van der Waals surface area contributed by atoms with Crippen LogP contribution in [0.15, 0.2) is 59.3 Å². The van der Waals surface area contributed by atoms with Crippen LogP contribution in [0.5, 0.6) is 0 Å². The van der Waals surface area contributed by atoms with Crippen LogP contribution in [0.2, 0.25) is 5.02 Å². The molecule has 0 saturated carbocycles. The van der Waals surface area contributed by atoms with Crippen LogP contribution in [0.3, 0.4) is 0 Å². The maximum atomic E-state index is 12.9. The van der Waals surface area contributed by atoms with E-state index in [1.165, 1.54) is 5.56 Å². The number of rotatable bonds is 2. The highest BCUT2D eigenvalue weighted by atomic mass is 35.5. The molecule has 0 fully saturated rings. The van der Waals surface area contributed by atoms with E-state index in [9.17, 15) is 9.59 Å². The molecule has 4 rings (SSSR count). The Morgan fingerprint density at radius 2 is 1.52 bits per heavy atom. The van der Waals surface area contributed by atoms with E-state index >= 15 is 0 Å². The van der Waals surface area contributed by atoms with Gasteiger partial charge in [0.15, 0.2) is 0 Å². The summed E-state index contributed by atoms with van der Waals surface area (Å²) in [6.07, 6.45) is 0.812. The first-order valence-corrected chi connectivity index (χ1v) is 8.67. The van der Waals surface area contributed by atoms with Crippen LogP contribution in [-0.2, 0) is 22.6 Å². The van der Waals surface area contributed by atoms with Gasteiger partial charge in [-0.2, -0.15) is 0 Å². The molecule has 2 aliphatic rings. The van der Waals surface area contributed by atoms with Crippen molar-refractivity contribution >= 4 is 40.7 Å². The lowest BCUT2D eigenvalue weighted by atomic mass is 9.99. The third-order valence-corrected chi connectivity index (χ3v) is 5.13. The smallest absolute Gasteiger partial charge is 0.283 e. The van der Waals surface area contributed by atoms with Crippen molar-refractivity contribution < 1.29 is 9.59 Å². The molecule has 2 aromatic rings. The Bertz CT molecular complexity index is 906. The standard InChI is InChI=1S/C19H14Cl2N2O2/c20-14-5-7-15(8-6-14)23-18(24)16(21)17(19(23)25)22-10-9-12-3-1-2-4-13(12)11-22/h1-8H,9-11H2. The summed E-state index contributed by atoms with van der Waals surface area (Å²) in [6, 6.07) is 14.7. The van der Waals surface area contributed by atoms with Gasteiger partial charge in [-0.3, -0.25) is 9.59 Å². The van der Waals surface area contributed by atoms with Gasteiger partial charge in [-0.25, -0.2) is 4.90 Å². The number of fused-ring (bicyclic) bond motifs is 1. The second-order valence-corrected chi connectivity index (χ2v) is 6.84. The van der Waals surface area contributed by atoms with E-state index in [1.54, 1.807) is 24.3 Å². The van der Waals surface area contributed by atoms with E-state index in [0.717, 1.165) is 16.9 Å². The fourth-order valence-electron chi connectivity index (χ4n) is 3.28. The molecule has 0 unspecified atom stereocenters. The summed E-state index contributed by atoms with van der Waals surface area (Å²) in [4.78, 5) is 28.5. The molecule has 0 atom stereocenters. The minimum atomic E-state index is -0.497. The van der Waals surface area contributed by atoms with Gasteiger partial charge < -0.3 is 4.90 Å². The van der Waals surface area contributed by atoms with Gasteiger partial charge in [0.1, 0.15) is 10.7 Å². The molecule has 25 heavy (non-hydrogen) atoms.